The molecule has 3 rings (SSSR count). The molecule has 9 heteroatoms. The molecule has 0 unspecified atom stereocenters. The third-order valence-corrected chi connectivity index (χ3v) is 4.33. The first-order chi connectivity index (χ1) is 11.4. The van der Waals surface area contributed by atoms with Crippen LogP contribution >= 0.6 is 15.9 Å². The number of aromatic nitrogens is 3. The first-order valence-electron chi connectivity index (χ1n) is 7.26. The number of allylic oxidation sites excluding steroid dienone is 1. The van der Waals surface area contributed by atoms with Gasteiger partial charge in [-0.3, -0.25) is 4.79 Å². The zero-order valence-electron chi connectivity index (χ0n) is 13.1. The van der Waals surface area contributed by atoms with E-state index in [0.717, 1.165) is 0 Å². The summed E-state index contributed by atoms with van der Waals surface area (Å²) in [5, 5.41) is 17.3. The van der Waals surface area contributed by atoms with E-state index in [-0.39, 0.29) is 5.75 Å². The summed E-state index contributed by atoms with van der Waals surface area (Å²) in [6, 6.07) is 2.80. The second-order valence-corrected chi connectivity index (χ2v) is 6.10. The molecule has 0 spiro atoms. The van der Waals surface area contributed by atoms with Crippen molar-refractivity contribution in [2.24, 2.45) is 5.73 Å². The number of aromatic hydroxyl groups is 1. The van der Waals surface area contributed by atoms with Gasteiger partial charge in [-0.1, -0.05) is 0 Å². The molecule has 8 nitrogen and oxygen atoms in total. The summed E-state index contributed by atoms with van der Waals surface area (Å²) >= 11 is 3.31. The number of anilines is 1. The van der Waals surface area contributed by atoms with Crippen molar-refractivity contribution >= 4 is 27.8 Å². The van der Waals surface area contributed by atoms with Crippen LogP contribution in [0.1, 0.15) is 25.5 Å². The third-order valence-electron chi connectivity index (χ3n) is 3.73. The molecule has 4 N–H and O–H groups in total. The van der Waals surface area contributed by atoms with Crippen LogP contribution in [0.5, 0.6) is 11.5 Å². The number of rotatable bonds is 4. The van der Waals surface area contributed by atoms with E-state index >= 15 is 0 Å². The molecule has 0 saturated heterocycles. The van der Waals surface area contributed by atoms with Gasteiger partial charge in [0, 0.05) is 5.70 Å². The van der Waals surface area contributed by atoms with Crippen molar-refractivity contribution in [1.82, 2.24) is 14.8 Å². The number of nitrogens with zero attached hydrogens (tertiary/aromatic N) is 3. The molecule has 2 heterocycles. The topological polar surface area (TPSA) is 115 Å². The van der Waals surface area contributed by atoms with Gasteiger partial charge in [0.25, 0.3) is 0 Å². The highest BCUT2D eigenvalue weighted by Gasteiger charge is 2.33. The number of carbonyl (C=O) groups is 1. The smallest absolute Gasteiger partial charge is 0.248 e. The van der Waals surface area contributed by atoms with E-state index in [9.17, 15) is 9.90 Å². The molecule has 1 atom stereocenters. The molecule has 0 radical (unpaired) electrons. The predicted octanol–water partition coefficient (Wildman–Crippen LogP) is 1.92. The summed E-state index contributed by atoms with van der Waals surface area (Å²) in [6.07, 6.45) is 1.39. The van der Waals surface area contributed by atoms with Gasteiger partial charge in [-0.05, 0) is 47.5 Å². The Balaban J connectivity index is 2.21. The molecule has 2 aromatic rings. The number of phenols is 1. The van der Waals surface area contributed by atoms with Crippen molar-refractivity contribution in [3.8, 4) is 11.5 Å². The van der Waals surface area contributed by atoms with Crippen molar-refractivity contribution in [2.75, 3.05) is 11.9 Å². The average molecular weight is 394 g/mol. The molecule has 1 aliphatic heterocycles. The van der Waals surface area contributed by atoms with Crippen LogP contribution in [-0.2, 0) is 4.79 Å². The maximum atomic E-state index is 12.0. The van der Waals surface area contributed by atoms with Crippen LogP contribution in [0, 0.1) is 0 Å². The Labute approximate surface area is 146 Å². The molecule has 126 valence electrons. The minimum atomic E-state index is -0.572. The van der Waals surface area contributed by atoms with Crippen molar-refractivity contribution < 1.29 is 14.6 Å². The number of hydrogen-bond donors (Lipinski definition) is 3. The minimum Gasteiger partial charge on any atom is -0.503 e. The number of hydrogen-bond acceptors (Lipinski definition) is 6. The number of fused-ring (bicyclic) bond motifs is 1. The molecule has 0 aliphatic carbocycles. The zero-order valence-corrected chi connectivity index (χ0v) is 14.7. The van der Waals surface area contributed by atoms with E-state index in [4.69, 9.17) is 10.5 Å². The molecule has 0 bridgehead atoms. The normalized spacial score (nSPS) is 16.5. The van der Waals surface area contributed by atoms with E-state index < -0.39 is 11.9 Å². The minimum absolute atomic E-state index is 0.00493. The largest absolute Gasteiger partial charge is 0.503 e. The summed E-state index contributed by atoms with van der Waals surface area (Å²) in [5.41, 5.74) is 7.25. The quantitative estimate of drug-likeness (QED) is 0.730. The number of nitrogens with one attached hydrogen (secondary N) is 1. The second-order valence-electron chi connectivity index (χ2n) is 5.24. The van der Waals surface area contributed by atoms with Gasteiger partial charge in [0.15, 0.2) is 11.5 Å². The number of ether oxygens (including phenoxy) is 1. The highest BCUT2D eigenvalue weighted by molar-refractivity contribution is 9.10. The zero-order chi connectivity index (χ0) is 17.4. The fourth-order valence-electron chi connectivity index (χ4n) is 2.74. The van der Waals surface area contributed by atoms with E-state index in [1.165, 1.54) is 6.33 Å². The third kappa shape index (κ3) is 2.60. The Hall–Kier alpha value is -2.55. The molecule has 24 heavy (non-hydrogen) atoms. The van der Waals surface area contributed by atoms with Gasteiger partial charge in [0.1, 0.15) is 12.4 Å². The van der Waals surface area contributed by atoms with Gasteiger partial charge >= 0.3 is 0 Å². The van der Waals surface area contributed by atoms with Gasteiger partial charge in [-0.2, -0.15) is 10.1 Å². The average Bonchev–Trinajstić information content (AvgIpc) is 2.97. The summed E-state index contributed by atoms with van der Waals surface area (Å²) in [4.78, 5) is 16.2. The number of phenolic OH excluding ortho intramolecular Hbond substituents is 1. The van der Waals surface area contributed by atoms with Gasteiger partial charge in [0.05, 0.1) is 16.7 Å². The van der Waals surface area contributed by atoms with E-state index in [2.05, 4.69) is 31.3 Å². The van der Waals surface area contributed by atoms with E-state index in [1.54, 1.807) is 23.7 Å². The van der Waals surface area contributed by atoms with Crippen LogP contribution in [0.15, 0.2) is 34.2 Å². The number of nitrogens with two attached hydrogens (primary N) is 1. The molecule has 0 fully saturated rings. The first-order valence-corrected chi connectivity index (χ1v) is 8.05. The molecule has 0 saturated carbocycles. The van der Waals surface area contributed by atoms with Gasteiger partial charge < -0.3 is 20.9 Å². The Morgan fingerprint density at radius 2 is 2.29 bits per heavy atom. The van der Waals surface area contributed by atoms with Crippen LogP contribution in [0.25, 0.3) is 0 Å². The van der Waals surface area contributed by atoms with Gasteiger partial charge in [-0.15, -0.1) is 0 Å². The fraction of sp³-hybridized carbons (Fsp3) is 0.267. The molecular formula is C15H16BrN5O3. The van der Waals surface area contributed by atoms with Crippen LogP contribution in [0.2, 0.25) is 0 Å². The lowest BCUT2D eigenvalue weighted by atomic mass is 9.95. The summed E-state index contributed by atoms with van der Waals surface area (Å²) in [6.45, 7) is 3.96. The summed E-state index contributed by atoms with van der Waals surface area (Å²) in [7, 11) is 0. The van der Waals surface area contributed by atoms with Crippen LogP contribution in [0.4, 0.5) is 5.95 Å². The van der Waals surface area contributed by atoms with Crippen molar-refractivity contribution in [1.29, 1.82) is 0 Å². The summed E-state index contributed by atoms with van der Waals surface area (Å²) in [5.74, 6) is 0.246. The lowest BCUT2D eigenvalue weighted by Gasteiger charge is -2.28. The second kappa shape index (κ2) is 6.16. The van der Waals surface area contributed by atoms with Crippen molar-refractivity contribution in [3.05, 3.63) is 39.8 Å². The number of benzene rings is 1. The highest BCUT2D eigenvalue weighted by atomic mass is 79.9. The van der Waals surface area contributed by atoms with Crippen molar-refractivity contribution in [3.63, 3.8) is 0 Å². The number of primary amides is 1. The Kier molecular flexibility index (Phi) is 4.18. The number of amides is 1. The van der Waals surface area contributed by atoms with Gasteiger partial charge in [-0.25, -0.2) is 4.68 Å². The Morgan fingerprint density at radius 3 is 2.96 bits per heavy atom. The number of halogens is 1. The molecule has 1 aromatic carbocycles. The molecule has 1 aromatic heterocycles. The maximum absolute atomic E-state index is 12.0. The molecule has 1 amide bonds. The van der Waals surface area contributed by atoms with Crippen LogP contribution in [-0.4, -0.2) is 32.4 Å². The van der Waals surface area contributed by atoms with Crippen LogP contribution in [0.3, 0.4) is 0 Å². The monoisotopic (exact) mass is 393 g/mol. The highest BCUT2D eigenvalue weighted by Crippen LogP contribution is 2.41. The lowest BCUT2D eigenvalue weighted by Crippen LogP contribution is -2.31. The molecular weight excluding hydrogens is 378 g/mol. The standard InChI is InChI=1S/C15H16BrN5O3/c1-3-24-10-5-8(4-9(16)13(10)22)12-11(14(17)23)7(2)20-15-18-6-19-21(12)15/h4-6,12,22H,3H2,1-2H3,(H2,17,23)(H,18,19,20)/t12-/m0/s1. The maximum Gasteiger partial charge on any atom is 0.248 e. The van der Waals surface area contributed by atoms with E-state index in [1.807, 2.05) is 6.92 Å². The predicted molar refractivity (Wildman–Crippen MR) is 90.7 cm³/mol. The van der Waals surface area contributed by atoms with Crippen molar-refractivity contribution in [2.45, 2.75) is 19.9 Å². The summed E-state index contributed by atoms with van der Waals surface area (Å²) < 4.78 is 7.49. The number of carbonyl (C=O) groups excluding carboxylic acids is 1. The van der Waals surface area contributed by atoms with Gasteiger partial charge in [0.2, 0.25) is 11.9 Å². The first kappa shape index (κ1) is 16.3. The fourth-order valence-corrected chi connectivity index (χ4v) is 3.20. The van der Waals surface area contributed by atoms with E-state index in [0.29, 0.717) is 39.6 Å². The SMILES string of the molecule is CCOc1cc([C@H]2C(C(N)=O)=C(C)Nc3ncnn32)cc(Br)c1O. The Bertz CT molecular complexity index is 846. The van der Waals surface area contributed by atoms with Crippen LogP contribution < -0.4 is 15.8 Å². The lowest BCUT2D eigenvalue weighted by molar-refractivity contribution is -0.115. The Morgan fingerprint density at radius 1 is 1.54 bits per heavy atom. The molecule has 1 aliphatic rings.